The van der Waals surface area contributed by atoms with Gasteiger partial charge in [0.1, 0.15) is 11.5 Å². The summed E-state index contributed by atoms with van der Waals surface area (Å²) in [5, 5.41) is 6.24. The van der Waals surface area contributed by atoms with Crippen LogP contribution in [0.2, 0.25) is 0 Å². The highest BCUT2D eigenvalue weighted by molar-refractivity contribution is 9.10. The van der Waals surface area contributed by atoms with Crippen LogP contribution in [0.3, 0.4) is 0 Å². The lowest BCUT2D eigenvalue weighted by Gasteiger charge is -2.07. The average molecular weight is 406 g/mol. The second kappa shape index (κ2) is 8.84. The van der Waals surface area contributed by atoms with E-state index in [1.54, 1.807) is 43.5 Å². The fourth-order valence-electron chi connectivity index (χ4n) is 1.89. The van der Waals surface area contributed by atoms with Crippen LogP contribution in [-0.4, -0.2) is 32.2 Å². The molecule has 0 spiro atoms. The zero-order chi connectivity index (χ0) is 18.2. The smallest absolute Gasteiger partial charge is 0.329 e. The van der Waals surface area contributed by atoms with E-state index in [1.807, 2.05) is 6.07 Å². The largest absolute Gasteiger partial charge is 0.497 e. The third-order valence-corrected chi connectivity index (χ3v) is 3.59. The van der Waals surface area contributed by atoms with Gasteiger partial charge in [0, 0.05) is 21.8 Å². The number of methoxy groups -OCH3 is 2. The molecular weight excluding hydrogens is 390 g/mol. The van der Waals surface area contributed by atoms with E-state index in [4.69, 9.17) is 9.47 Å². The minimum atomic E-state index is -0.885. The molecule has 2 N–H and O–H groups in total. The second-order valence-corrected chi connectivity index (χ2v) is 5.69. The van der Waals surface area contributed by atoms with Crippen molar-refractivity contribution in [3.8, 4) is 11.5 Å². The monoisotopic (exact) mass is 405 g/mol. The van der Waals surface area contributed by atoms with E-state index in [-0.39, 0.29) is 0 Å². The molecule has 0 bridgehead atoms. The predicted molar refractivity (Wildman–Crippen MR) is 98.1 cm³/mol. The number of rotatable bonds is 5. The standard InChI is InChI=1S/C17H16BrN3O4/c1-24-14-7-6-11(15(9-14)25-2)10-19-21-17(23)16(22)20-13-5-3-4-12(18)8-13/h3-10H,1-2H3,(H,20,22)(H,21,23)/b19-10+. The number of hydrazone groups is 1. The van der Waals surface area contributed by atoms with Gasteiger partial charge in [0.25, 0.3) is 0 Å². The summed E-state index contributed by atoms with van der Waals surface area (Å²) in [6, 6.07) is 12.0. The van der Waals surface area contributed by atoms with Crippen LogP contribution in [0.15, 0.2) is 52.0 Å². The molecule has 2 aromatic carbocycles. The van der Waals surface area contributed by atoms with Crippen LogP contribution in [-0.2, 0) is 9.59 Å². The first kappa shape index (κ1) is 18.5. The average Bonchev–Trinajstić information content (AvgIpc) is 2.61. The molecule has 0 fully saturated rings. The maximum atomic E-state index is 11.8. The van der Waals surface area contributed by atoms with Gasteiger partial charge in [0.2, 0.25) is 0 Å². The Balaban J connectivity index is 1.97. The molecular formula is C17H16BrN3O4. The molecule has 2 amide bonds. The predicted octanol–water partition coefficient (Wildman–Crippen LogP) is 2.56. The number of benzene rings is 2. The van der Waals surface area contributed by atoms with E-state index in [0.717, 1.165) is 4.47 Å². The van der Waals surface area contributed by atoms with Gasteiger partial charge >= 0.3 is 11.8 Å². The molecule has 0 atom stereocenters. The van der Waals surface area contributed by atoms with Crippen molar-refractivity contribution in [1.82, 2.24) is 5.43 Å². The van der Waals surface area contributed by atoms with Crippen LogP contribution < -0.4 is 20.2 Å². The van der Waals surface area contributed by atoms with Gasteiger partial charge in [-0.3, -0.25) is 9.59 Å². The molecule has 0 aliphatic carbocycles. The zero-order valence-corrected chi connectivity index (χ0v) is 15.2. The highest BCUT2D eigenvalue weighted by Crippen LogP contribution is 2.23. The third-order valence-electron chi connectivity index (χ3n) is 3.10. The molecule has 0 aromatic heterocycles. The van der Waals surface area contributed by atoms with Gasteiger partial charge in [-0.1, -0.05) is 22.0 Å². The summed E-state index contributed by atoms with van der Waals surface area (Å²) >= 11 is 3.28. The molecule has 2 aromatic rings. The third kappa shape index (κ3) is 5.32. The Kier molecular flexibility index (Phi) is 6.53. The van der Waals surface area contributed by atoms with Crippen molar-refractivity contribution in [3.63, 3.8) is 0 Å². The Bertz CT molecular complexity index is 808. The van der Waals surface area contributed by atoms with E-state index >= 15 is 0 Å². The first-order valence-electron chi connectivity index (χ1n) is 7.15. The molecule has 0 saturated carbocycles. The lowest BCUT2D eigenvalue weighted by atomic mass is 10.2. The number of hydrogen-bond acceptors (Lipinski definition) is 5. The van der Waals surface area contributed by atoms with Gasteiger partial charge in [0.05, 0.1) is 20.4 Å². The van der Waals surface area contributed by atoms with Crippen molar-refractivity contribution in [2.45, 2.75) is 0 Å². The molecule has 0 unspecified atom stereocenters. The van der Waals surface area contributed by atoms with E-state index in [2.05, 4.69) is 31.8 Å². The fraction of sp³-hybridized carbons (Fsp3) is 0.118. The first-order chi connectivity index (χ1) is 12.0. The lowest BCUT2D eigenvalue weighted by Crippen LogP contribution is -2.32. The van der Waals surface area contributed by atoms with Crippen LogP contribution in [0.1, 0.15) is 5.56 Å². The molecule has 8 heteroatoms. The van der Waals surface area contributed by atoms with Gasteiger partial charge < -0.3 is 14.8 Å². The fourth-order valence-corrected chi connectivity index (χ4v) is 2.29. The zero-order valence-electron chi connectivity index (χ0n) is 13.6. The summed E-state index contributed by atoms with van der Waals surface area (Å²) in [6.45, 7) is 0. The Morgan fingerprint density at radius 3 is 2.56 bits per heavy atom. The van der Waals surface area contributed by atoms with Gasteiger partial charge in [-0.25, -0.2) is 5.43 Å². The number of anilines is 1. The Morgan fingerprint density at radius 1 is 1.08 bits per heavy atom. The van der Waals surface area contributed by atoms with Crippen molar-refractivity contribution in [2.24, 2.45) is 5.10 Å². The second-order valence-electron chi connectivity index (χ2n) is 4.77. The maximum absolute atomic E-state index is 11.8. The Labute approximate surface area is 153 Å². The van der Waals surface area contributed by atoms with E-state index in [1.165, 1.54) is 13.3 Å². The van der Waals surface area contributed by atoms with Crippen molar-refractivity contribution in [2.75, 3.05) is 19.5 Å². The number of hydrogen-bond donors (Lipinski definition) is 2. The topological polar surface area (TPSA) is 89.0 Å². The van der Waals surface area contributed by atoms with Crippen LogP contribution >= 0.6 is 15.9 Å². The number of nitrogens with zero attached hydrogens (tertiary/aromatic N) is 1. The summed E-state index contributed by atoms with van der Waals surface area (Å²) in [5.74, 6) is -0.553. The van der Waals surface area contributed by atoms with Gasteiger partial charge in [-0.2, -0.15) is 5.10 Å². The van der Waals surface area contributed by atoms with Gasteiger partial charge in [-0.05, 0) is 30.3 Å². The minimum Gasteiger partial charge on any atom is -0.497 e. The van der Waals surface area contributed by atoms with Crippen molar-refractivity contribution in [3.05, 3.63) is 52.5 Å². The van der Waals surface area contributed by atoms with Crippen LogP contribution in [0.4, 0.5) is 5.69 Å². The summed E-state index contributed by atoms with van der Waals surface area (Å²) in [7, 11) is 3.06. The molecule has 130 valence electrons. The van der Waals surface area contributed by atoms with Crippen LogP contribution in [0.5, 0.6) is 11.5 Å². The number of nitrogens with one attached hydrogen (secondary N) is 2. The van der Waals surface area contributed by atoms with Crippen molar-refractivity contribution < 1.29 is 19.1 Å². The quantitative estimate of drug-likeness (QED) is 0.454. The number of amides is 2. The highest BCUT2D eigenvalue weighted by Gasteiger charge is 2.13. The summed E-state index contributed by atoms with van der Waals surface area (Å²) in [4.78, 5) is 23.6. The van der Waals surface area contributed by atoms with Gasteiger partial charge in [-0.15, -0.1) is 0 Å². The molecule has 0 radical (unpaired) electrons. The molecule has 2 rings (SSSR count). The SMILES string of the molecule is COc1ccc(/C=N/NC(=O)C(=O)Nc2cccc(Br)c2)c(OC)c1. The minimum absolute atomic E-state index is 0.496. The number of carbonyl (C=O) groups excluding carboxylic acids is 2. The van der Waals surface area contributed by atoms with Crippen molar-refractivity contribution >= 4 is 39.6 Å². The summed E-state index contributed by atoms with van der Waals surface area (Å²) in [6.07, 6.45) is 1.38. The van der Waals surface area contributed by atoms with E-state index in [9.17, 15) is 9.59 Å². The van der Waals surface area contributed by atoms with E-state index in [0.29, 0.717) is 22.7 Å². The molecule has 7 nitrogen and oxygen atoms in total. The number of carbonyl (C=O) groups is 2. The molecule has 25 heavy (non-hydrogen) atoms. The molecule has 0 aliphatic rings. The molecule has 0 heterocycles. The summed E-state index contributed by atoms with van der Waals surface area (Å²) < 4.78 is 11.1. The van der Waals surface area contributed by atoms with Gasteiger partial charge in [0.15, 0.2) is 0 Å². The Morgan fingerprint density at radius 2 is 1.88 bits per heavy atom. The lowest BCUT2D eigenvalue weighted by molar-refractivity contribution is -0.136. The highest BCUT2D eigenvalue weighted by atomic mass is 79.9. The Hall–Kier alpha value is -2.87. The van der Waals surface area contributed by atoms with Crippen LogP contribution in [0.25, 0.3) is 0 Å². The van der Waals surface area contributed by atoms with Crippen molar-refractivity contribution in [1.29, 1.82) is 0 Å². The maximum Gasteiger partial charge on any atom is 0.329 e. The van der Waals surface area contributed by atoms with E-state index < -0.39 is 11.8 Å². The normalized spacial score (nSPS) is 10.4. The number of ether oxygens (including phenoxy) is 2. The summed E-state index contributed by atoms with van der Waals surface area (Å²) in [5.41, 5.74) is 3.28. The number of halogens is 1. The first-order valence-corrected chi connectivity index (χ1v) is 7.94. The van der Waals surface area contributed by atoms with Crippen LogP contribution in [0, 0.1) is 0 Å². The molecule has 0 aliphatic heterocycles. The molecule has 0 saturated heterocycles.